The Bertz CT molecular complexity index is 1050. The lowest BCUT2D eigenvalue weighted by molar-refractivity contribution is -0.117. The van der Waals surface area contributed by atoms with Crippen LogP contribution in [0.2, 0.25) is 0 Å². The molecule has 0 bridgehead atoms. The zero-order chi connectivity index (χ0) is 24.0. The van der Waals surface area contributed by atoms with Crippen molar-refractivity contribution in [3.05, 3.63) is 70.8 Å². The standard InChI is InChI=1S/C26H31N3O4/c1-17(14-18-8-6-5-7-9-18)24(30)28-13-12-20-16-32-22-11-10-19(15-21(20)22)23(27)29-25(31)33-26(2,3)4/h5-11,14-15,20H,12-13,16H2,1-4H3,(H,28,30)(H2,27,29,31). The van der Waals surface area contributed by atoms with Gasteiger partial charge in [0.2, 0.25) is 5.91 Å². The van der Waals surface area contributed by atoms with E-state index < -0.39 is 11.7 Å². The van der Waals surface area contributed by atoms with Gasteiger partial charge < -0.3 is 14.8 Å². The van der Waals surface area contributed by atoms with Gasteiger partial charge in [-0.05, 0) is 64.0 Å². The Balaban J connectivity index is 1.56. The lowest BCUT2D eigenvalue weighted by Crippen LogP contribution is -2.36. The highest BCUT2D eigenvalue weighted by Gasteiger charge is 2.25. The van der Waals surface area contributed by atoms with Gasteiger partial charge in [0, 0.05) is 29.2 Å². The highest BCUT2D eigenvalue weighted by atomic mass is 16.6. The molecule has 1 aliphatic rings. The minimum absolute atomic E-state index is 0.0346. The van der Waals surface area contributed by atoms with Crippen molar-refractivity contribution < 1.29 is 19.1 Å². The van der Waals surface area contributed by atoms with Gasteiger partial charge in [-0.25, -0.2) is 4.79 Å². The molecule has 1 atom stereocenters. The average molecular weight is 450 g/mol. The molecule has 0 saturated carbocycles. The van der Waals surface area contributed by atoms with E-state index in [4.69, 9.17) is 14.9 Å². The molecular formula is C26H31N3O4. The van der Waals surface area contributed by atoms with Crippen molar-refractivity contribution in [1.82, 2.24) is 10.6 Å². The lowest BCUT2D eigenvalue weighted by Gasteiger charge is -2.20. The first-order valence-corrected chi connectivity index (χ1v) is 11.0. The number of rotatable bonds is 6. The minimum Gasteiger partial charge on any atom is -0.493 e. The summed E-state index contributed by atoms with van der Waals surface area (Å²) in [6.45, 7) is 8.12. The van der Waals surface area contributed by atoms with E-state index >= 15 is 0 Å². The summed E-state index contributed by atoms with van der Waals surface area (Å²) in [5, 5.41) is 13.6. The van der Waals surface area contributed by atoms with Crippen molar-refractivity contribution in [3.8, 4) is 5.75 Å². The SMILES string of the molecule is CC(=Cc1ccccc1)C(=O)NCCC1COc2ccc(C(=N)NC(=O)OC(C)(C)C)cc21. The third-order valence-corrected chi connectivity index (χ3v) is 5.12. The van der Waals surface area contributed by atoms with Crippen molar-refractivity contribution in [2.24, 2.45) is 0 Å². The number of ether oxygens (including phenoxy) is 2. The first-order chi connectivity index (χ1) is 15.6. The number of carbonyl (C=O) groups is 2. The Morgan fingerprint density at radius 1 is 1.18 bits per heavy atom. The Morgan fingerprint density at radius 3 is 2.61 bits per heavy atom. The number of benzene rings is 2. The van der Waals surface area contributed by atoms with Crippen molar-refractivity contribution >= 4 is 23.9 Å². The number of amidine groups is 1. The van der Waals surface area contributed by atoms with Crippen LogP contribution in [0.15, 0.2) is 54.1 Å². The maximum absolute atomic E-state index is 12.4. The molecular weight excluding hydrogens is 418 g/mol. The van der Waals surface area contributed by atoms with Crippen LogP contribution >= 0.6 is 0 Å². The van der Waals surface area contributed by atoms with Crippen molar-refractivity contribution in [1.29, 1.82) is 5.41 Å². The molecule has 0 spiro atoms. The maximum atomic E-state index is 12.4. The fourth-order valence-electron chi connectivity index (χ4n) is 3.52. The largest absolute Gasteiger partial charge is 0.493 e. The van der Waals surface area contributed by atoms with Crippen LogP contribution in [-0.2, 0) is 9.53 Å². The summed E-state index contributed by atoms with van der Waals surface area (Å²) in [5.74, 6) is 0.719. The van der Waals surface area contributed by atoms with E-state index in [0.29, 0.717) is 30.7 Å². The molecule has 33 heavy (non-hydrogen) atoms. The Hall–Kier alpha value is -3.61. The molecule has 0 aromatic heterocycles. The Morgan fingerprint density at radius 2 is 1.91 bits per heavy atom. The van der Waals surface area contributed by atoms with Crippen molar-refractivity contribution in [2.75, 3.05) is 13.2 Å². The van der Waals surface area contributed by atoms with Gasteiger partial charge >= 0.3 is 6.09 Å². The van der Waals surface area contributed by atoms with Crippen LogP contribution in [0.25, 0.3) is 6.08 Å². The molecule has 2 amide bonds. The predicted octanol–water partition coefficient (Wildman–Crippen LogP) is 4.62. The summed E-state index contributed by atoms with van der Waals surface area (Å²) < 4.78 is 11.0. The van der Waals surface area contributed by atoms with E-state index in [1.807, 2.05) is 42.5 Å². The summed E-state index contributed by atoms with van der Waals surface area (Å²) >= 11 is 0. The van der Waals surface area contributed by atoms with Gasteiger partial charge in [-0.1, -0.05) is 30.3 Å². The van der Waals surface area contributed by atoms with Gasteiger partial charge in [0.25, 0.3) is 0 Å². The summed E-state index contributed by atoms with van der Waals surface area (Å²) in [6.07, 6.45) is 1.90. The highest BCUT2D eigenvalue weighted by molar-refractivity contribution is 6.04. The second kappa shape index (κ2) is 10.3. The number of alkyl carbamates (subject to hydrolysis) is 1. The maximum Gasteiger partial charge on any atom is 0.413 e. The third kappa shape index (κ3) is 6.94. The normalized spacial score (nSPS) is 15.3. The van der Waals surface area contributed by atoms with Crippen LogP contribution in [0.3, 0.4) is 0 Å². The van der Waals surface area contributed by atoms with E-state index in [9.17, 15) is 9.59 Å². The molecule has 2 aromatic carbocycles. The van der Waals surface area contributed by atoms with E-state index in [-0.39, 0.29) is 17.7 Å². The van der Waals surface area contributed by atoms with Gasteiger partial charge in [-0.3, -0.25) is 15.5 Å². The monoisotopic (exact) mass is 449 g/mol. The number of hydrogen-bond donors (Lipinski definition) is 3. The minimum atomic E-state index is -0.664. The van der Waals surface area contributed by atoms with Crippen LogP contribution in [0.5, 0.6) is 5.75 Å². The smallest absolute Gasteiger partial charge is 0.413 e. The molecule has 0 saturated heterocycles. The zero-order valence-electron chi connectivity index (χ0n) is 19.5. The van der Waals surface area contributed by atoms with E-state index in [0.717, 1.165) is 16.9 Å². The lowest BCUT2D eigenvalue weighted by atomic mass is 9.96. The molecule has 3 N–H and O–H groups in total. The summed E-state index contributed by atoms with van der Waals surface area (Å²) in [5.41, 5.74) is 2.53. The van der Waals surface area contributed by atoms with Crippen LogP contribution < -0.4 is 15.4 Å². The van der Waals surface area contributed by atoms with Crippen LogP contribution in [0.4, 0.5) is 4.79 Å². The number of nitrogens with one attached hydrogen (secondary N) is 3. The van der Waals surface area contributed by atoms with Gasteiger partial charge in [0.05, 0.1) is 6.61 Å². The molecule has 1 aliphatic heterocycles. The third-order valence-electron chi connectivity index (χ3n) is 5.12. The van der Waals surface area contributed by atoms with Gasteiger partial charge in [-0.15, -0.1) is 0 Å². The Labute approximate surface area is 194 Å². The summed E-state index contributed by atoms with van der Waals surface area (Å²) in [7, 11) is 0. The van der Waals surface area contributed by atoms with Crippen LogP contribution in [0.1, 0.15) is 56.7 Å². The van der Waals surface area contributed by atoms with E-state index in [1.54, 1.807) is 39.8 Å². The molecule has 174 valence electrons. The number of amides is 2. The summed E-state index contributed by atoms with van der Waals surface area (Å²) in [4.78, 5) is 24.4. The molecule has 0 aliphatic carbocycles. The second-order valence-corrected chi connectivity index (χ2v) is 9.05. The zero-order valence-corrected chi connectivity index (χ0v) is 19.5. The fourth-order valence-corrected chi connectivity index (χ4v) is 3.52. The molecule has 2 aromatic rings. The molecule has 0 fully saturated rings. The van der Waals surface area contributed by atoms with E-state index in [1.165, 1.54) is 0 Å². The van der Waals surface area contributed by atoms with Gasteiger partial charge in [-0.2, -0.15) is 0 Å². The number of carbonyl (C=O) groups excluding carboxylic acids is 2. The van der Waals surface area contributed by atoms with Crippen molar-refractivity contribution in [2.45, 2.75) is 45.6 Å². The number of fused-ring (bicyclic) bond motifs is 1. The Kier molecular flexibility index (Phi) is 7.53. The number of hydrogen-bond acceptors (Lipinski definition) is 5. The molecule has 0 radical (unpaired) electrons. The quantitative estimate of drug-likeness (QED) is 0.340. The van der Waals surface area contributed by atoms with Gasteiger partial charge in [0.1, 0.15) is 17.2 Å². The predicted molar refractivity (Wildman–Crippen MR) is 129 cm³/mol. The average Bonchev–Trinajstić information content (AvgIpc) is 3.15. The van der Waals surface area contributed by atoms with Crippen molar-refractivity contribution in [3.63, 3.8) is 0 Å². The molecule has 1 heterocycles. The molecule has 7 heteroatoms. The second-order valence-electron chi connectivity index (χ2n) is 9.05. The van der Waals surface area contributed by atoms with E-state index in [2.05, 4.69) is 10.6 Å². The molecule has 1 unspecified atom stereocenters. The summed E-state index contributed by atoms with van der Waals surface area (Å²) in [6, 6.07) is 15.1. The van der Waals surface area contributed by atoms with Gasteiger partial charge in [0.15, 0.2) is 0 Å². The molecule has 3 rings (SSSR count). The first kappa shape index (κ1) is 24.0. The highest BCUT2D eigenvalue weighted by Crippen LogP contribution is 2.36. The fraction of sp³-hybridized carbons (Fsp3) is 0.346. The molecule has 7 nitrogen and oxygen atoms in total. The topological polar surface area (TPSA) is 101 Å². The van der Waals surface area contributed by atoms with Crippen LogP contribution in [-0.4, -0.2) is 36.6 Å². The first-order valence-electron chi connectivity index (χ1n) is 11.0. The van der Waals surface area contributed by atoms with Crippen LogP contribution in [0, 0.1) is 5.41 Å².